The predicted molar refractivity (Wildman–Crippen MR) is 80.3 cm³/mol. The molecular weight excluding hydrogens is 286 g/mol. The van der Waals surface area contributed by atoms with Gasteiger partial charge < -0.3 is 10.6 Å². The summed E-state index contributed by atoms with van der Waals surface area (Å²) in [6.07, 6.45) is 3.66. The summed E-state index contributed by atoms with van der Waals surface area (Å²) >= 11 is 8.29. The lowest BCUT2D eigenvalue weighted by Gasteiger charge is -2.39. The minimum atomic E-state index is -0.145. The number of carbonyl (C=O) groups is 1. The first-order valence-corrected chi connectivity index (χ1v) is 8.19. The van der Waals surface area contributed by atoms with E-state index in [2.05, 4.69) is 4.98 Å². The van der Waals surface area contributed by atoms with Gasteiger partial charge in [-0.25, -0.2) is 4.98 Å². The molecular formula is C11H15N3OS3. The second-order valence-electron chi connectivity index (χ2n) is 4.23. The van der Waals surface area contributed by atoms with Crippen molar-refractivity contribution in [1.29, 1.82) is 0 Å². The van der Waals surface area contributed by atoms with Gasteiger partial charge in [0.05, 0.1) is 15.2 Å². The largest absolute Gasteiger partial charge is 0.392 e. The van der Waals surface area contributed by atoms with Crippen LogP contribution in [0.1, 0.15) is 23.3 Å². The lowest BCUT2D eigenvalue weighted by molar-refractivity contribution is 0.0714. The quantitative estimate of drug-likeness (QED) is 0.862. The van der Waals surface area contributed by atoms with Gasteiger partial charge in [0.15, 0.2) is 0 Å². The lowest BCUT2D eigenvalue weighted by atomic mass is 9.95. The Labute approximate surface area is 120 Å². The first-order chi connectivity index (χ1) is 8.59. The van der Waals surface area contributed by atoms with Crippen LogP contribution >= 0.6 is 35.3 Å². The predicted octanol–water partition coefficient (Wildman–Crippen LogP) is 1.77. The summed E-state index contributed by atoms with van der Waals surface area (Å²) in [5, 5.41) is 1.78. The molecule has 0 bridgehead atoms. The SMILES string of the molecule is CSC1(C(N)=S)CCN(C(=O)c2cscn2)CC1. The molecule has 0 spiro atoms. The van der Waals surface area contributed by atoms with Crippen molar-refractivity contribution in [2.45, 2.75) is 17.6 Å². The smallest absolute Gasteiger partial charge is 0.273 e. The van der Waals surface area contributed by atoms with Crippen molar-refractivity contribution in [2.24, 2.45) is 5.73 Å². The lowest BCUT2D eigenvalue weighted by Crippen LogP contribution is -2.50. The summed E-state index contributed by atoms with van der Waals surface area (Å²) in [6, 6.07) is 0. The molecule has 1 amide bonds. The van der Waals surface area contributed by atoms with Crippen LogP contribution in [0.4, 0.5) is 0 Å². The van der Waals surface area contributed by atoms with Gasteiger partial charge in [0.2, 0.25) is 0 Å². The first-order valence-electron chi connectivity index (χ1n) is 5.61. The molecule has 1 aromatic rings. The maximum Gasteiger partial charge on any atom is 0.273 e. The van der Waals surface area contributed by atoms with Gasteiger partial charge in [0.1, 0.15) is 5.69 Å². The van der Waals surface area contributed by atoms with Crippen molar-refractivity contribution in [2.75, 3.05) is 19.3 Å². The van der Waals surface area contributed by atoms with Gasteiger partial charge >= 0.3 is 0 Å². The van der Waals surface area contributed by atoms with Gasteiger partial charge in [0, 0.05) is 18.5 Å². The minimum absolute atomic E-state index is 0.00823. The van der Waals surface area contributed by atoms with Crippen LogP contribution in [-0.2, 0) is 0 Å². The molecule has 2 rings (SSSR count). The zero-order valence-corrected chi connectivity index (χ0v) is 12.5. The van der Waals surface area contributed by atoms with Crippen molar-refractivity contribution < 1.29 is 4.79 Å². The fraction of sp³-hybridized carbons (Fsp3) is 0.545. The Balaban J connectivity index is 2.02. The molecule has 0 aromatic carbocycles. The Hall–Kier alpha value is -0.660. The van der Waals surface area contributed by atoms with E-state index >= 15 is 0 Å². The van der Waals surface area contributed by atoms with Gasteiger partial charge in [-0.2, -0.15) is 11.8 Å². The average molecular weight is 301 g/mol. The van der Waals surface area contributed by atoms with E-state index in [0.29, 0.717) is 23.8 Å². The van der Waals surface area contributed by atoms with E-state index in [4.69, 9.17) is 18.0 Å². The highest BCUT2D eigenvalue weighted by Crippen LogP contribution is 2.35. The average Bonchev–Trinajstić information content (AvgIpc) is 2.91. The third kappa shape index (κ3) is 2.53. The van der Waals surface area contributed by atoms with E-state index in [9.17, 15) is 4.79 Å². The molecule has 0 atom stereocenters. The van der Waals surface area contributed by atoms with Crippen LogP contribution in [0.15, 0.2) is 10.9 Å². The molecule has 0 aliphatic carbocycles. The number of aromatic nitrogens is 1. The standard InChI is InChI=1S/C11H15N3OS3/c1-17-11(10(12)16)2-4-14(5-3-11)9(15)8-6-18-7-13-8/h6-7H,2-5H2,1H3,(H2,12,16). The topological polar surface area (TPSA) is 59.2 Å². The Kier molecular flexibility index (Phi) is 4.24. The number of amides is 1. The van der Waals surface area contributed by atoms with Gasteiger partial charge in [-0.3, -0.25) is 4.79 Å². The van der Waals surface area contributed by atoms with Crippen LogP contribution in [0.5, 0.6) is 0 Å². The summed E-state index contributed by atoms with van der Waals surface area (Å²) in [5.74, 6) is 0.00823. The molecule has 2 heterocycles. The molecule has 0 saturated carbocycles. The number of nitrogens with two attached hydrogens (primary N) is 1. The van der Waals surface area contributed by atoms with E-state index in [1.165, 1.54) is 11.3 Å². The van der Waals surface area contributed by atoms with Gasteiger partial charge in [-0.1, -0.05) is 12.2 Å². The van der Waals surface area contributed by atoms with Crippen molar-refractivity contribution >= 4 is 46.2 Å². The molecule has 1 aromatic heterocycles. The molecule has 1 aliphatic heterocycles. The van der Waals surface area contributed by atoms with E-state index < -0.39 is 0 Å². The molecule has 1 aliphatic rings. The van der Waals surface area contributed by atoms with E-state index in [0.717, 1.165) is 12.8 Å². The number of thiazole rings is 1. The maximum atomic E-state index is 12.1. The highest BCUT2D eigenvalue weighted by Gasteiger charge is 2.38. The van der Waals surface area contributed by atoms with Crippen molar-refractivity contribution in [3.05, 3.63) is 16.6 Å². The van der Waals surface area contributed by atoms with Gasteiger partial charge in [-0.05, 0) is 19.1 Å². The summed E-state index contributed by atoms with van der Waals surface area (Å²) in [4.78, 5) is 18.6. The van der Waals surface area contributed by atoms with Crippen LogP contribution in [-0.4, -0.2) is 44.9 Å². The number of thiocarbonyl (C=S) groups is 1. The molecule has 4 nitrogen and oxygen atoms in total. The van der Waals surface area contributed by atoms with Crippen LogP contribution < -0.4 is 5.73 Å². The van der Waals surface area contributed by atoms with Crippen molar-refractivity contribution in [3.8, 4) is 0 Å². The number of likely N-dealkylation sites (tertiary alicyclic amines) is 1. The highest BCUT2D eigenvalue weighted by atomic mass is 32.2. The molecule has 0 radical (unpaired) electrons. The van der Waals surface area contributed by atoms with Gasteiger partial charge in [0.25, 0.3) is 5.91 Å². The molecule has 1 fully saturated rings. The number of thioether (sulfide) groups is 1. The summed E-state index contributed by atoms with van der Waals surface area (Å²) in [6.45, 7) is 1.38. The van der Waals surface area contributed by atoms with Crippen LogP contribution in [0.2, 0.25) is 0 Å². The normalized spacial score (nSPS) is 18.6. The van der Waals surface area contributed by atoms with Crippen LogP contribution in [0, 0.1) is 0 Å². The second-order valence-corrected chi connectivity index (χ2v) is 6.58. The number of carbonyl (C=O) groups excluding carboxylic acids is 1. The third-order valence-corrected chi connectivity index (χ3v) is 5.87. The zero-order valence-electron chi connectivity index (χ0n) is 10.1. The third-order valence-electron chi connectivity index (χ3n) is 3.35. The molecule has 98 valence electrons. The van der Waals surface area contributed by atoms with Crippen molar-refractivity contribution in [3.63, 3.8) is 0 Å². The Bertz CT molecular complexity index is 438. The van der Waals surface area contributed by atoms with E-state index in [1.54, 1.807) is 22.7 Å². The molecule has 1 saturated heterocycles. The highest BCUT2D eigenvalue weighted by molar-refractivity contribution is 8.02. The number of nitrogens with zero attached hydrogens (tertiary/aromatic N) is 2. The summed E-state index contributed by atoms with van der Waals surface area (Å²) in [5.41, 5.74) is 8.04. The van der Waals surface area contributed by atoms with E-state index in [1.807, 2.05) is 11.2 Å². The zero-order chi connectivity index (χ0) is 13.2. The first kappa shape index (κ1) is 13.8. The molecule has 7 heteroatoms. The van der Waals surface area contributed by atoms with Crippen LogP contribution in [0.3, 0.4) is 0 Å². The Morgan fingerprint density at radius 1 is 1.61 bits per heavy atom. The molecule has 0 unspecified atom stereocenters. The number of hydrogen-bond acceptors (Lipinski definition) is 5. The summed E-state index contributed by atoms with van der Waals surface area (Å²) in [7, 11) is 0. The van der Waals surface area contributed by atoms with Crippen LogP contribution in [0.25, 0.3) is 0 Å². The fourth-order valence-corrected chi connectivity index (χ4v) is 3.87. The molecule has 18 heavy (non-hydrogen) atoms. The van der Waals surface area contributed by atoms with Gasteiger partial charge in [-0.15, -0.1) is 11.3 Å². The monoisotopic (exact) mass is 301 g/mol. The minimum Gasteiger partial charge on any atom is -0.392 e. The Morgan fingerprint density at radius 2 is 2.28 bits per heavy atom. The Morgan fingerprint density at radius 3 is 2.72 bits per heavy atom. The number of rotatable bonds is 3. The summed E-state index contributed by atoms with van der Waals surface area (Å²) < 4.78 is -0.145. The molecule has 2 N–H and O–H groups in total. The maximum absolute atomic E-state index is 12.1. The number of hydrogen-bond donors (Lipinski definition) is 1. The second kappa shape index (κ2) is 5.54. The number of piperidine rings is 1. The fourth-order valence-electron chi connectivity index (χ4n) is 2.10. The van der Waals surface area contributed by atoms with E-state index in [-0.39, 0.29) is 10.7 Å². The van der Waals surface area contributed by atoms with Crippen molar-refractivity contribution in [1.82, 2.24) is 9.88 Å².